The van der Waals surface area contributed by atoms with Crippen LogP contribution in [0.3, 0.4) is 0 Å². The lowest BCUT2D eigenvalue weighted by molar-refractivity contribution is -0.384. The number of fused-ring (bicyclic) bond motifs is 1. The van der Waals surface area contributed by atoms with Gasteiger partial charge in [0.05, 0.1) is 23.6 Å². The van der Waals surface area contributed by atoms with Gasteiger partial charge < -0.3 is 30.3 Å². The first kappa shape index (κ1) is 30.2. The Morgan fingerprint density at radius 3 is 2.14 bits per heavy atom. The molecule has 1 aliphatic heterocycles. The van der Waals surface area contributed by atoms with Gasteiger partial charge in [-0.1, -0.05) is 35.9 Å². The van der Waals surface area contributed by atoms with E-state index in [0.717, 1.165) is 5.56 Å². The number of urea groups is 1. The number of rotatable bonds is 12. The topological polar surface area (TPSA) is 152 Å². The van der Waals surface area contributed by atoms with Crippen LogP contribution in [-0.4, -0.2) is 48.8 Å². The number of carbonyl (C=O) groups excluding carboxylic acids is 3. The third kappa shape index (κ3) is 6.73. The number of hydrogen-bond donors (Lipinski definition) is 3. The van der Waals surface area contributed by atoms with Gasteiger partial charge in [0.25, 0.3) is 11.6 Å². The van der Waals surface area contributed by atoms with E-state index >= 15 is 0 Å². The predicted molar refractivity (Wildman–Crippen MR) is 157 cm³/mol. The maximum absolute atomic E-state index is 14.3. The Balaban J connectivity index is 1.68. The number of benzene rings is 3. The van der Waals surface area contributed by atoms with E-state index in [2.05, 4.69) is 16.0 Å². The van der Waals surface area contributed by atoms with Crippen LogP contribution in [0.15, 0.2) is 72.8 Å². The Morgan fingerprint density at radius 1 is 0.929 bits per heavy atom. The van der Waals surface area contributed by atoms with E-state index in [4.69, 9.17) is 9.47 Å². The van der Waals surface area contributed by atoms with Gasteiger partial charge in [-0.25, -0.2) is 4.79 Å². The van der Waals surface area contributed by atoms with E-state index in [9.17, 15) is 24.5 Å². The van der Waals surface area contributed by atoms with Gasteiger partial charge in [0, 0.05) is 42.3 Å². The molecule has 3 aromatic carbocycles. The summed E-state index contributed by atoms with van der Waals surface area (Å²) in [5.74, 6) is -1.12. The van der Waals surface area contributed by atoms with Crippen molar-refractivity contribution in [2.45, 2.75) is 39.0 Å². The van der Waals surface area contributed by atoms with E-state index in [1.807, 2.05) is 32.9 Å². The molecule has 12 heteroatoms. The number of hydrogen-bond acceptors (Lipinski definition) is 7. The summed E-state index contributed by atoms with van der Waals surface area (Å²) < 4.78 is 11.4. The highest BCUT2D eigenvalue weighted by Crippen LogP contribution is 2.43. The minimum Gasteiger partial charge on any atom is -0.351 e. The summed E-state index contributed by atoms with van der Waals surface area (Å²) in [6.07, 6.45) is -1.19. The first-order valence-electron chi connectivity index (χ1n) is 13.5. The molecule has 1 aliphatic rings. The van der Waals surface area contributed by atoms with Crippen LogP contribution in [-0.2, 0) is 24.6 Å². The second-order valence-electron chi connectivity index (χ2n) is 9.65. The van der Waals surface area contributed by atoms with Gasteiger partial charge in [0.2, 0.25) is 5.91 Å². The molecule has 0 aromatic heterocycles. The Hall–Kier alpha value is -4.81. The summed E-state index contributed by atoms with van der Waals surface area (Å²) in [5, 5.41) is 19.2. The minimum atomic E-state index is -1.78. The Labute approximate surface area is 243 Å². The molecule has 42 heavy (non-hydrogen) atoms. The van der Waals surface area contributed by atoms with Gasteiger partial charge in [-0.2, -0.15) is 0 Å². The van der Waals surface area contributed by atoms with Crippen molar-refractivity contribution in [3.63, 3.8) is 0 Å². The third-order valence-corrected chi connectivity index (χ3v) is 6.73. The van der Waals surface area contributed by atoms with Crippen molar-refractivity contribution in [2.24, 2.45) is 0 Å². The van der Waals surface area contributed by atoms with Gasteiger partial charge in [0.15, 0.2) is 11.8 Å². The number of amides is 4. The minimum absolute atomic E-state index is 0.0323. The number of ether oxygens (including phenoxy) is 2. The molecule has 0 spiro atoms. The zero-order chi connectivity index (χ0) is 30.3. The number of carbonyl (C=O) groups is 3. The largest absolute Gasteiger partial charge is 0.351 e. The van der Waals surface area contributed by atoms with Gasteiger partial charge in [0.1, 0.15) is 0 Å². The first-order valence-corrected chi connectivity index (χ1v) is 13.5. The van der Waals surface area contributed by atoms with Crippen molar-refractivity contribution in [3.8, 4) is 0 Å². The number of nitro benzene ring substituents is 1. The van der Waals surface area contributed by atoms with Crippen LogP contribution in [0.5, 0.6) is 0 Å². The lowest BCUT2D eigenvalue weighted by atomic mass is 9.87. The molecule has 3 N–H and O–H groups in total. The molecule has 220 valence electrons. The number of nitrogens with zero attached hydrogens (tertiary/aromatic N) is 2. The molecule has 0 bridgehead atoms. The zero-order valence-corrected chi connectivity index (χ0v) is 23.6. The van der Waals surface area contributed by atoms with Crippen LogP contribution in [0.25, 0.3) is 0 Å². The average molecular weight is 576 g/mol. The molecule has 0 fully saturated rings. The van der Waals surface area contributed by atoms with Crippen molar-refractivity contribution in [2.75, 3.05) is 35.3 Å². The molecular weight excluding hydrogens is 542 g/mol. The maximum Gasteiger partial charge on any atom is 0.320 e. The number of aryl methyl sites for hydroxylation is 1. The third-order valence-electron chi connectivity index (χ3n) is 6.73. The molecule has 4 rings (SSSR count). The fourth-order valence-corrected chi connectivity index (χ4v) is 4.82. The van der Waals surface area contributed by atoms with Crippen LogP contribution in [0.1, 0.15) is 31.4 Å². The van der Waals surface area contributed by atoms with Crippen molar-refractivity contribution in [1.29, 1.82) is 0 Å². The number of anilines is 3. The van der Waals surface area contributed by atoms with Gasteiger partial charge >= 0.3 is 6.03 Å². The van der Waals surface area contributed by atoms with E-state index < -0.39 is 41.0 Å². The highest BCUT2D eigenvalue weighted by atomic mass is 16.7. The molecule has 4 amide bonds. The highest BCUT2D eigenvalue weighted by Gasteiger charge is 2.53. The second kappa shape index (κ2) is 13.2. The molecule has 0 saturated carbocycles. The Bertz CT molecular complexity index is 1440. The molecule has 0 radical (unpaired) electrons. The van der Waals surface area contributed by atoms with Gasteiger partial charge in [-0.05, 0) is 51.1 Å². The molecule has 1 heterocycles. The Morgan fingerprint density at radius 2 is 1.52 bits per heavy atom. The molecule has 1 unspecified atom stereocenters. The standard InChI is InChI=1S/C30H33N5O7/c1-4-41-27(42-5-2)19-34-25-9-7-6-8-24(25)30(28(34)37,33-29(38)32-22-12-10-20(3)11-13-22)18-26(36)31-21-14-16-23(17-15-21)35(39)40/h6-17,27H,4-5,18-19H2,1-3H3,(H,31,36)(H2,32,33,38). The highest BCUT2D eigenvalue weighted by molar-refractivity contribution is 6.12. The number of nitrogens with one attached hydrogen (secondary N) is 3. The molecule has 1 atom stereocenters. The van der Waals surface area contributed by atoms with Crippen LogP contribution in [0.2, 0.25) is 0 Å². The fourth-order valence-electron chi connectivity index (χ4n) is 4.82. The van der Waals surface area contributed by atoms with Crippen LogP contribution in [0.4, 0.5) is 27.5 Å². The van der Waals surface area contributed by atoms with E-state index in [0.29, 0.717) is 35.8 Å². The van der Waals surface area contributed by atoms with Crippen LogP contribution >= 0.6 is 0 Å². The second-order valence-corrected chi connectivity index (χ2v) is 9.65. The summed E-state index contributed by atoms with van der Waals surface area (Å²) in [4.78, 5) is 53.0. The zero-order valence-electron chi connectivity index (χ0n) is 23.6. The molecule has 3 aromatic rings. The summed E-state index contributed by atoms with van der Waals surface area (Å²) in [7, 11) is 0. The van der Waals surface area contributed by atoms with E-state index in [-0.39, 0.29) is 12.2 Å². The number of para-hydroxylation sites is 1. The van der Waals surface area contributed by atoms with Crippen LogP contribution < -0.4 is 20.9 Å². The van der Waals surface area contributed by atoms with Crippen molar-refractivity contribution in [3.05, 3.63) is 94.0 Å². The maximum atomic E-state index is 14.3. The first-order chi connectivity index (χ1) is 20.2. The lowest BCUT2D eigenvalue weighted by Gasteiger charge is -2.30. The lowest BCUT2D eigenvalue weighted by Crippen LogP contribution is -2.56. The fraction of sp³-hybridized carbons (Fsp3) is 0.300. The molecular formula is C30H33N5O7. The van der Waals surface area contributed by atoms with E-state index in [1.165, 1.54) is 29.2 Å². The van der Waals surface area contributed by atoms with Gasteiger partial charge in [-0.3, -0.25) is 19.7 Å². The van der Waals surface area contributed by atoms with Crippen molar-refractivity contribution >= 4 is 40.6 Å². The van der Waals surface area contributed by atoms with E-state index in [1.54, 1.807) is 36.4 Å². The summed E-state index contributed by atoms with van der Waals surface area (Å²) in [6.45, 7) is 6.29. The van der Waals surface area contributed by atoms with Gasteiger partial charge in [-0.15, -0.1) is 0 Å². The van der Waals surface area contributed by atoms with Crippen molar-refractivity contribution in [1.82, 2.24) is 5.32 Å². The van der Waals surface area contributed by atoms with Crippen molar-refractivity contribution < 1.29 is 28.8 Å². The summed E-state index contributed by atoms with van der Waals surface area (Å²) in [5.41, 5.74) is 0.839. The smallest absolute Gasteiger partial charge is 0.320 e. The number of non-ortho nitro benzene ring substituents is 1. The molecule has 0 saturated heterocycles. The average Bonchev–Trinajstić information content (AvgIpc) is 3.17. The SMILES string of the molecule is CCOC(CN1C(=O)C(CC(=O)Nc2ccc([N+](=O)[O-])cc2)(NC(=O)Nc2ccc(C)cc2)c2ccccc21)OCC. The quantitative estimate of drug-likeness (QED) is 0.161. The summed E-state index contributed by atoms with van der Waals surface area (Å²) in [6, 6.07) is 18.7. The Kier molecular flexibility index (Phi) is 9.50. The van der Waals surface area contributed by atoms with Crippen LogP contribution in [0, 0.1) is 17.0 Å². The monoisotopic (exact) mass is 575 g/mol. The number of nitro groups is 1. The molecule has 0 aliphatic carbocycles. The predicted octanol–water partition coefficient (Wildman–Crippen LogP) is 4.69. The molecule has 12 nitrogen and oxygen atoms in total. The normalized spacial score (nSPS) is 15.8. The summed E-state index contributed by atoms with van der Waals surface area (Å²) >= 11 is 0.